The zero-order chi connectivity index (χ0) is 18.4. The number of aryl methyl sites for hydroxylation is 2. The molecular formula is C18H24N2O4S. The molecule has 0 bridgehead atoms. The van der Waals surface area contributed by atoms with Gasteiger partial charge in [0.05, 0.1) is 12.3 Å². The van der Waals surface area contributed by atoms with Crippen molar-refractivity contribution in [1.29, 1.82) is 0 Å². The first-order valence-corrected chi connectivity index (χ1v) is 9.32. The van der Waals surface area contributed by atoms with Gasteiger partial charge in [0.25, 0.3) is 5.91 Å². The van der Waals surface area contributed by atoms with Gasteiger partial charge in [-0.3, -0.25) is 9.69 Å². The van der Waals surface area contributed by atoms with Crippen LogP contribution in [0.2, 0.25) is 0 Å². The monoisotopic (exact) mass is 364 g/mol. The topological polar surface area (TPSA) is 72.6 Å². The summed E-state index contributed by atoms with van der Waals surface area (Å²) < 4.78 is 10.5. The van der Waals surface area contributed by atoms with Crippen LogP contribution in [0.25, 0.3) is 0 Å². The molecule has 0 saturated heterocycles. The second-order valence-electron chi connectivity index (χ2n) is 5.71. The van der Waals surface area contributed by atoms with Crippen LogP contribution in [0.3, 0.4) is 0 Å². The average molecular weight is 364 g/mol. The van der Waals surface area contributed by atoms with Gasteiger partial charge in [-0.05, 0) is 39.3 Å². The standard InChI is InChI=1S/C18H24N2O4S/c1-5-7-8-11-20(16(21)14-10-9-12(3)24-14)18-19-13(4)15(25-18)17(22)23-6-2/h9-10H,5-8,11H2,1-4H3. The Kier molecular flexibility index (Phi) is 6.75. The number of rotatable bonds is 8. The minimum atomic E-state index is -0.404. The molecule has 0 aliphatic heterocycles. The number of anilines is 1. The van der Waals surface area contributed by atoms with Crippen LogP contribution >= 0.6 is 11.3 Å². The van der Waals surface area contributed by atoms with Gasteiger partial charge in [-0.15, -0.1) is 0 Å². The van der Waals surface area contributed by atoms with E-state index in [0.717, 1.165) is 19.3 Å². The smallest absolute Gasteiger partial charge is 0.350 e. The van der Waals surface area contributed by atoms with Crippen molar-refractivity contribution < 1.29 is 18.7 Å². The van der Waals surface area contributed by atoms with E-state index >= 15 is 0 Å². The molecule has 2 rings (SSSR count). The molecule has 2 heterocycles. The Morgan fingerprint density at radius 2 is 2.00 bits per heavy atom. The van der Waals surface area contributed by atoms with Crippen LogP contribution in [0.5, 0.6) is 0 Å². The van der Waals surface area contributed by atoms with E-state index < -0.39 is 5.97 Å². The third-order valence-corrected chi connectivity index (χ3v) is 4.82. The Morgan fingerprint density at radius 3 is 2.60 bits per heavy atom. The van der Waals surface area contributed by atoms with Crippen molar-refractivity contribution in [1.82, 2.24) is 4.98 Å². The molecule has 0 unspecified atom stereocenters. The van der Waals surface area contributed by atoms with Crippen molar-refractivity contribution in [3.8, 4) is 0 Å². The van der Waals surface area contributed by atoms with Gasteiger partial charge >= 0.3 is 5.97 Å². The van der Waals surface area contributed by atoms with E-state index in [4.69, 9.17) is 9.15 Å². The molecule has 0 radical (unpaired) electrons. The Morgan fingerprint density at radius 1 is 1.24 bits per heavy atom. The molecule has 0 atom stereocenters. The first kappa shape index (κ1) is 19.2. The molecule has 0 aromatic carbocycles. The number of esters is 1. The molecule has 0 fully saturated rings. The second-order valence-corrected chi connectivity index (χ2v) is 6.68. The highest BCUT2D eigenvalue weighted by atomic mass is 32.1. The van der Waals surface area contributed by atoms with Gasteiger partial charge in [0.2, 0.25) is 0 Å². The predicted octanol–water partition coefficient (Wildman–Crippen LogP) is 4.37. The molecule has 0 aliphatic carbocycles. The van der Waals surface area contributed by atoms with Gasteiger partial charge in [-0.25, -0.2) is 9.78 Å². The third-order valence-electron chi connectivity index (χ3n) is 3.66. The normalized spacial score (nSPS) is 10.7. The fourth-order valence-corrected chi connectivity index (χ4v) is 3.36. The summed E-state index contributed by atoms with van der Waals surface area (Å²) in [6.07, 6.45) is 2.91. The molecule has 25 heavy (non-hydrogen) atoms. The van der Waals surface area contributed by atoms with E-state index in [2.05, 4.69) is 11.9 Å². The van der Waals surface area contributed by atoms with Gasteiger partial charge in [0.15, 0.2) is 10.9 Å². The second kappa shape index (κ2) is 8.80. The Labute approximate surface area is 151 Å². The van der Waals surface area contributed by atoms with E-state index in [-0.39, 0.29) is 11.7 Å². The minimum Gasteiger partial charge on any atom is -0.462 e. The summed E-state index contributed by atoms with van der Waals surface area (Å²) in [4.78, 5) is 31.3. The number of unbranched alkanes of at least 4 members (excludes halogenated alkanes) is 2. The van der Waals surface area contributed by atoms with Crippen LogP contribution in [0.4, 0.5) is 5.13 Å². The number of carbonyl (C=O) groups is 2. The highest BCUT2D eigenvalue weighted by Gasteiger charge is 2.26. The Balaban J connectivity index is 2.30. The molecule has 1 amide bonds. The number of furan rings is 1. The lowest BCUT2D eigenvalue weighted by molar-refractivity contribution is 0.0531. The molecule has 0 aliphatic rings. The molecule has 0 saturated carbocycles. The zero-order valence-corrected chi connectivity index (χ0v) is 15.9. The number of nitrogens with zero attached hydrogens (tertiary/aromatic N) is 2. The van der Waals surface area contributed by atoms with E-state index in [1.165, 1.54) is 11.3 Å². The predicted molar refractivity (Wildman–Crippen MR) is 97.5 cm³/mol. The molecule has 136 valence electrons. The average Bonchev–Trinajstić information content (AvgIpc) is 3.17. The maximum absolute atomic E-state index is 12.9. The molecule has 0 N–H and O–H groups in total. The summed E-state index contributed by atoms with van der Waals surface area (Å²) in [6, 6.07) is 3.42. The molecule has 6 nitrogen and oxygen atoms in total. The van der Waals surface area contributed by atoms with Gasteiger partial charge in [0.1, 0.15) is 10.6 Å². The van der Waals surface area contributed by atoms with E-state index in [1.807, 2.05) is 0 Å². The highest BCUT2D eigenvalue weighted by molar-refractivity contribution is 7.17. The van der Waals surface area contributed by atoms with Crippen LogP contribution < -0.4 is 4.90 Å². The number of amides is 1. The van der Waals surface area contributed by atoms with Gasteiger partial charge in [-0.1, -0.05) is 31.1 Å². The highest BCUT2D eigenvalue weighted by Crippen LogP contribution is 2.28. The Hall–Kier alpha value is -2.15. The fourth-order valence-electron chi connectivity index (χ4n) is 2.37. The summed E-state index contributed by atoms with van der Waals surface area (Å²) in [5, 5.41) is 0.496. The summed E-state index contributed by atoms with van der Waals surface area (Å²) >= 11 is 1.18. The lowest BCUT2D eigenvalue weighted by Crippen LogP contribution is -2.31. The van der Waals surface area contributed by atoms with Crippen molar-refractivity contribution >= 4 is 28.3 Å². The SMILES string of the molecule is CCCCCN(C(=O)c1ccc(C)o1)c1nc(C)c(C(=O)OCC)s1. The quantitative estimate of drug-likeness (QED) is 0.514. The molecule has 2 aromatic rings. The Bertz CT molecular complexity index is 735. The van der Waals surface area contributed by atoms with Crippen molar-refractivity contribution in [3.63, 3.8) is 0 Å². The maximum Gasteiger partial charge on any atom is 0.350 e. The molecule has 0 spiro atoms. The number of ether oxygens (including phenoxy) is 1. The van der Waals surface area contributed by atoms with Crippen molar-refractivity contribution in [2.24, 2.45) is 0 Å². The first-order valence-electron chi connectivity index (χ1n) is 8.50. The minimum absolute atomic E-state index is 0.242. The number of thiazole rings is 1. The largest absolute Gasteiger partial charge is 0.462 e. The third kappa shape index (κ3) is 4.69. The molecule has 7 heteroatoms. The van der Waals surface area contributed by atoms with Crippen LogP contribution in [0.15, 0.2) is 16.5 Å². The fraction of sp³-hybridized carbons (Fsp3) is 0.500. The van der Waals surface area contributed by atoms with Gasteiger partial charge < -0.3 is 9.15 Å². The summed E-state index contributed by atoms with van der Waals surface area (Å²) in [7, 11) is 0. The van der Waals surface area contributed by atoms with Gasteiger partial charge in [0, 0.05) is 6.54 Å². The summed E-state index contributed by atoms with van der Waals surface area (Å²) in [6.45, 7) is 8.24. The number of hydrogen-bond acceptors (Lipinski definition) is 6. The van der Waals surface area contributed by atoms with E-state index in [0.29, 0.717) is 34.6 Å². The zero-order valence-electron chi connectivity index (χ0n) is 15.1. The summed E-state index contributed by atoms with van der Waals surface area (Å²) in [5.41, 5.74) is 0.572. The lowest BCUT2D eigenvalue weighted by atomic mass is 10.2. The van der Waals surface area contributed by atoms with Crippen LogP contribution in [0, 0.1) is 13.8 Å². The van der Waals surface area contributed by atoms with Crippen molar-refractivity contribution in [3.05, 3.63) is 34.2 Å². The lowest BCUT2D eigenvalue weighted by Gasteiger charge is -2.18. The van der Waals surface area contributed by atoms with E-state index in [9.17, 15) is 9.59 Å². The van der Waals surface area contributed by atoms with E-state index in [1.54, 1.807) is 37.8 Å². The number of hydrogen-bond donors (Lipinski definition) is 0. The van der Waals surface area contributed by atoms with Crippen LogP contribution in [-0.4, -0.2) is 30.0 Å². The van der Waals surface area contributed by atoms with Crippen molar-refractivity contribution in [2.75, 3.05) is 18.1 Å². The number of carbonyl (C=O) groups excluding carboxylic acids is 2. The molecule has 2 aromatic heterocycles. The maximum atomic E-state index is 12.9. The number of aromatic nitrogens is 1. The first-order chi connectivity index (χ1) is 12.0. The van der Waals surface area contributed by atoms with Crippen LogP contribution in [0.1, 0.15) is 64.8 Å². The van der Waals surface area contributed by atoms with Gasteiger partial charge in [-0.2, -0.15) is 0 Å². The van der Waals surface area contributed by atoms with Crippen LogP contribution in [-0.2, 0) is 4.74 Å². The van der Waals surface area contributed by atoms with Crippen molar-refractivity contribution in [2.45, 2.75) is 47.0 Å². The summed E-state index contributed by atoms with van der Waals surface area (Å²) in [5.74, 6) is 0.311. The molecular weight excluding hydrogens is 340 g/mol.